The maximum absolute atomic E-state index is 11.4. The van der Waals surface area contributed by atoms with E-state index in [-0.39, 0.29) is 11.5 Å². The Bertz CT molecular complexity index is 168. The van der Waals surface area contributed by atoms with Gasteiger partial charge in [-0.25, -0.2) is 0 Å². The second-order valence-electron chi connectivity index (χ2n) is 3.62. The first-order chi connectivity index (χ1) is 5.64. The van der Waals surface area contributed by atoms with Gasteiger partial charge in [-0.1, -0.05) is 13.8 Å². The average molecular weight is 171 g/mol. The summed E-state index contributed by atoms with van der Waals surface area (Å²) in [4.78, 5) is 11.4. The van der Waals surface area contributed by atoms with Gasteiger partial charge >= 0.3 is 5.97 Å². The Morgan fingerprint density at radius 3 is 2.58 bits per heavy atom. The molecule has 1 aliphatic rings. The smallest absolute Gasteiger partial charge is 0.326 e. The van der Waals surface area contributed by atoms with Gasteiger partial charge in [0.05, 0.1) is 7.11 Å². The van der Waals surface area contributed by atoms with Crippen molar-refractivity contribution in [3.05, 3.63) is 0 Å². The van der Waals surface area contributed by atoms with E-state index in [4.69, 9.17) is 4.74 Å². The van der Waals surface area contributed by atoms with E-state index in [1.165, 1.54) is 7.11 Å². The zero-order valence-corrected chi connectivity index (χ0v) is 8.02. The molecular formula is C9H17NO2. The maximum atomic E-state index is 11.4. The van der Waals surface area contributed by atoms with Gasteiger partial charge in [-0.15, -0.1) is 0 Å². The van der Waals surface area contributed by atoms with Crippen LogP contribution in [-0.2, 0) is 9.53 Å². The highest BCUT2D eigenvalue weighted by atomic mass is 16.5. The van der Waals surface area contributed by atoms with E-state index in [1.54, 1.807) is 0 Å². The van der Waals surface area contributed by atoms with E-state index in [0.717, 1.165) is 19.4 Å². The number of methoxy groups -OCH3 is 1. The molecule has 1 rings (SSSR count). The maximum Gasteiger partial charge on any atom is 0.326 e. The minimum absolute atomic E-state index is 0.109. The van der Waals surface area contributed by atoms with Crippen LogP contribution in [0.5, 0.6) is 0 Å². The van der Waals surface area contributed by atoms with E-state index < -0.39 is 0 Å². The summed E-state index contributed by atoms with van der Waals surface area (Å²) in [6.45, 7) is 4.98. The van der Waals surface area contributed by atoms with E-state index in [1.807, 2.05) is 6.92 Å². The Kier molecular flexibility index (Phi) is 2.73. The number of rotatable bonds is 3. The summed E-state index contributed by atoms with van der Waals surface area (Å²) in [6.07, 6.45) is 1.82. The number of esters is 1. The molecule has 0 atom stereocenters. The molecule has 0 saturated heterocycles. The number of hydrogen-bond donors (Lipinski definition) is 1. The van der Waals surface area contributed by atoms with Gasteiger partial charge in [-0.2, -0.15) is 0 Å². The Labute approximate surface area is 73.5 Å². The molecule has 1 saturated carbocycles. The molecule has 0 amide bonds. The first-order valence-corrected chi connectivity index (χ1v) is 4.48. The molecule has 0 unspecified atom stereocenters. The lowest BCUT2D eigenvalue weighted by Gasteiger charge is -2.44. The lowest BCUT2D eigenvalue weighted by molar-refractivity contribution is -0.154. The van der Waals surface area contributed by atoms with Gasteiger partial charge < -0.3 is 10.1 Å². The second kappa shape index (κ2) is 3.44. The fourth-order valence-corrected chi connectivity index (χ4v) is 2.05. The third kappa shape index (κ3) is 1.46. The number of likely N-dealkylation sites (N-methyl/N-ethyl adjacent to an activating group) is 1. The molecule has 0 aromatic carbocycles. The molecule has 0 aromatic rings. The molecule has 0 radical (unpaired) electrons. The summed E-state index contributed by atoms with van der Waals surface area (Å²) in [5, 5.41) is 3.20. The van der Waals surface area contributed by atoms with Crippen LogP contribution in [0.25, 0.3) is 0 Å². The lowest BCUT2D eigenvalue weighted by atomic mass is 9.69. The van der Waals surface area contributed by atoms with Gasteiger partial charge in [0.25, 0.3) is 0 Å². The third-order valence-corrected chi connectivity index (χ3v) is 2.49. The number of hydrogen-bond acceptors (Lipinski definition) is 3. The number of nitrogens with one attached hydrogen (secondary N) is 1. The van der Waals surface area contributed by atoms with Gasteiger partial charge in [0.2, 0.25) is 0 Å². The topological polar surface area (TPSA) is 38.3 Å². The fourth-order valence-electron chi connectivity index (χ4n) is 2.05. The first-order valence-electron chi connectivity index (χ1n) is 4.48. The normalized spacial score (nSPS) is 34.1. The monoisotopic (exact) mass is 171 g/mol. The predicted octanol–water partition coefficient (Wildman–Crippen LogP) is 0.938. The highest BCUT2D eigenvalue weighted by molar-refractivity contribution is 5.82. The summed E-state index contributed by atoms with van der Waals surface area (Å²) in [6, 6.07) is 0. The van der Waals surface area contributed by atoms with Crippen LogP contribution in [0, 0.1) is 5.92 Å². The van der Waals surface area contributed by atoms with Crippen LogP contribution in [0.15, 0.2) is 0 Å². The molecule has 3 heteroatoms. The van der Waals surface area contributed by atoms with E-state index in [9.17, 15) is 4.79 Å². The number of carbonyl (C=O) groups excluding carboxylic acids is 1. The zero-order valence-electron chi connectivity index (χ0n) is 8.02. The zero-order chi connectivity index (χ0) is 9.19. The van der Waals surface area contributed by atoms with Crippen molar-refractivity contribution < 1.29 is 9.53 Å². The van der Waals surface area contributed by atoms with Crippen LogP contribution >= 0.6 is 0 Å². The summed E-state index contributed by atoms with van der Waals surface area (Å²) >= 11 is 0. The van der Waals surface area contributed by atoms with Crippen molar-refractivity contribution in [2.45, 2.75) is 32.2 Å². The van der Waals surface area contributed by atoms with Crippen LogP contribution < -0.4 is 5.32 Å². The molecule has 3 nitrogen and oxygen atoms in total. The quantitative estimate of drug-likeness (QED) is 0.642. The Hall–Kier alpha value is -0.570. The van der Waals surface area contributed by atoms with Gasteiger partial charge in [-0.05, 0) is 25.3 Å². The van der Waals surface area contributed by atoms with Crippen molar-refractivity contribution in [1.29, 1.82) is 0 Å². The Balaban J connectivity index is 2.56. The van der Waals surface area contributed by atoms with Crippen LogP contribution in [0.4, 0.5) is 0 Å². The highest BCUT2D eigenvalue weighted by Gasteiger charge is 2.48. The summed E-state index contributed by atoms with van der Waals surface area (Å²) in [5.74, 6) is 0.533. The average Bonchev–Trinajstić information content (AvgIpc) is 2.00. The summed E-state index contributed by atoms with van der Waals surface area (Å²) in [7, 11) is 1.45. The van der Waals surface area contributed by atoms with Crippen molar-refractivity contribution in [3.8, 4) is 0 Å². The van der Waals surface area contributed by atoms with Crippen molar-refractivity contribution in [2.75, 3.05) is 13.7 Å². The van der Waals surface area contributed by atoms with E-state index >= 15 is 0 Å². The number of carbonyl (C=O) groups is 1. The van der Waals surface area contributed by atoms with Gasteiger partial charge in [0.15, 0.2) is 0 Å². The number of ether oxygens (including phenoxy) is 1. The van der Waals surface area contributed by atoms with Gasteiger partial charge in [-0.3, -0.25) is 4.79 Å². The first kappa shape index (κ1) is 9.52. The van der Waals surface area contributed by atoms with Crippen molar-refractivity contribution in [2.24, 2.45) is 5.92 Å². The Morgan fingerprint density at radius 1 is 1.67 bits per heavy atom. The minimum Gasteiger partial charge on any atom is -0.468 e. The lowest BCUT2D eigenvalue weighted by Crippen LogP contribution is -2.60. The van der Waals surface area contributed by atoms with Crippen LogP contribution in [0.3, 0.4) is 0 Å². The predicted molar refractivity (Wildman–Crippen MR) is 46.8 cm³/mol. The molecule has 0 aromatic heterocycles. The van der Waals surface area contributed by atoms with Gasteiger partial charge in [0, 0.05) is 0 Å². The molecule has 1 fully saturated rings. The van der Waals surface area contributed by atoms with Crippen molar-refractivity contribution in [1.82, 2.24) is 5.32 Å². The standard InChI is InChI=1S/C9H17NO2/c1-4-10-9(8(11)12-3)5-7(2)6-9/h7,10H,4-6H2,1-3H3. The summed E-state index contributed by atoms with van der Waals surface area (Å²) < 4.78 is 4.76. The largest absolute Gasteiger partial charge is 0.468 e. The fraction of sp³-hybridized carbons (Fsp3) is 0.889. The van der Waals surface area contributed by atoms with Gasteiger partial charge in [0.1, 0.15) is 5.54 Å². The molecule has 0 aliphatic heterocycles. The minimum atomic E-state index is -0.358. The van der Waals surface area contributed by atoms with Crippen molar-refractivity contribution >= 4 is 5.97 Å². The summed E-state index contributed by atoms with van der Waals surface area (Å²) in [5.41, 5.74) is -0.358. The molecular weight excluding hydrogens is 154 g/mol. The van der Waals surface area contributed by atoms with Crippen LogP contribution in [-0.4, -0.2) is 25.2 Å². The highest BCUT2D eigenvalue weighted by Crippen LogP contribution is 2.38. The molecule has 0 spiro atoms. The molecule has 0 heterocycles. The van der Waals surface area contributed by atoms with Crippen LogP contribution in [0.1, 0.15) is 26.7 Å². The third-order valence-electron chi connectivity index (χ3n) is 2.49. The molecule has 70 valence electrons. The Morgan fingerprint density at radius 2 is 2.25 bits per heavy atom. The SMILES string of the molecule is CCNC1(C(=O)OC)CC(C)C1. The second-order valence-corrected chi connectivity index (χ2v) is 3.62. The van der Waals surface area contributed by atoms with E-state index in [2.05, 4.69) is 12.2 Å². The molecule has 1 N–H and O–H groups in total. The molecule has 0 bridgehead atoms. The van der Waals surface area contributed by atoms with E-state index in [0.29, 0.717) is 5.92 Å². The molecule has 1 aliphatic carbocycles. The molecule has 12 heavy (non-hydrogen) atoms. The van der Waals surface area contributed by atoms with Crippen molar-refractivity contribution in [3.63, 3.8) is 0 Å². The van der Waals surface area contributed by atoms with Crippen LogP contribution in [0.2, 0.25) is 0 Å².